The van der Waals surface area contributed by atoms with Gasteiger partial charge in [0.05, 0.1) is 17.9 Å². The van der Waals surface area contributed by atoms with Crippen LogP contribution in [0.3, 0.4) is 0 Å². The molecule has 0 aliphatic rings. The average Bonchev–Trinajstić information content (AvgIpc) is 2.67. The Morgan fingerprint density at radius 1 is 1.15 bits per heavy atom. The van der Waals surface area contributed by atoms with E-state index in [9.17, 15) is 4.79 Å². The van der Waals surface area contributed by atoms with E-state index in [1.165, 1.54) is 12.8 Å². The minimum absolute atomic E-state index is 0.256. The third-order valence-corrected chi connectivity index (χ3v) is 4.45. The maximum absolute atomic E-state index is 12.7. The second-order valence-corrected chi connectivity index (χ2v) is 6.52. The molecule has 0 saturated carbocycles. The van der Waals surface area contributed by atoms with Crippen molar-refractivity contribution in [1.29, 1.82) is 0 Å². The third-order valence-electron chi connectivity index (χ3n) is 4.45. The molecule has 0 fully saturated rings. The van der Waals surface area contributed by atoms with Crippen LogP contribution in [0.5, 0.6) is 11.5 Å². The van der Waals surface area contributed by atoms with E-state index in [1.54, 1.807) is 0 Å². The number of aromatic nitrogens is 1. The first kappa shape index (κ1) is 20.9. The fourth-order valence-corrected chi connectivity index (χ4v) is 2.97. The second-order valence-electron chi connectivity index (χ2n) is 6.52. The van der Waals surface area contributed by atoms with E-state index in [-0.39, 0.29) is 11.3 Å². The first-order valence-corrected chi connectivity index (χ1v) is 10.0. The van der Waals surface area contributed by atoms with E-state index in [2.05, 4.69) is 17.2 Å². The maximum atomic E-state index is 12.7. The van der Waals surface area contributed by atoms with Crippen molar-refractivity contribution in [1.82, 2.24) is 4.98 Å². The molecule has 0 atom stereocenters. The number of nitrogens with one attached hydrogen (secondary N) is 2. The summed E-state index contributed by atoms with van der Waals surface area (Å²) in [6, 6.07) is 5.88. The number of unbranched alkanes of at least 4 members (excludes halogenated alkanes) is 3. The van der Waals surface area contributed by atoms with Gasteiger partial charge < -0.3 is 19.8 Å². The Hall–Kier alpha value is -2.43. The standard InChI is InChI=1S/C22H32N2O3/c1-5-9-10-11-14-26-21-20(27-17(6-2)7-3)18-13-12-16(23-8-4)15-19(18)24-22(21)25/h6,12-13,15,23H,5,7-11,14H2,1-4H3,(H,24,25). The van der Waals surface area contributed by atoms with E-state index in [1.807, 2.05) is 45.0 Å². The zero-order valence-corrected chi connectivity index (χ0v) is 17.0. The number of hydrogen-bond donors (Lipinski definition) is 2. The summed E-state index contributed by atoms with van der Waals surface area (Å²) in [7, 11) is 0. The van der Waals surface area contributed by atoms with Gasteiger partial charge in [-0.15, -0.1) is 0 Å². The van der Waals surface area contributed by atoms with Crippen LogP contribution >= 0.6 is 0 Å². The lowest BCUT2D eigenvalue weighted by atomic mass is 10.1. The number of rotatable bonds is 11. The molecule has 5 nitrogen and oxygen atoms in total. The van der Waals surface area contributed by atoms with Gasteiger partial charge in [-0.3, -0.25) is 4.79 Å². The van der Waals surface area contributed by atoms with Crippen LogP contribution in [0.2, 0.25) is 0 Å². The lowest BCUT2D eigenvalue weighted by Crippen LogP contribution is -2.14. The Bertz CT molecular complexity index is 824. The summed E-state index contributed by atoms with van der Waals surface area (Å²) in [5, 5.41) is 4.11. The van der Waals surface area contributed by atoms with Crippen LogP contribution in [-0.2, 0) is 0 Å². The number of anilines is 1. The highest BCUT2D eigenvalue weighted by Gasteiger charge is 2.17. The molecule has 1 aromatic carbocycles. The van der Waals surface area contributed by atoms with Crippen molar-refractivity contribution < 1.29 is 9.47 Å². The fraction of sp³-hybridized carbons (Fsp3) is 0.500. The van der Waals surface area contributed by atoms with E-state index in [0.717, 1.165) is 48.2 Å². The van der Waals surface area contributed by atoms with E-state index in [4.69, 9.17) is 9.47 Å². The van der Waals surface area contributed by atoms with Gasteiger partial charge in [0.15, 0.2) is 5.75 Å². The van der Waals surface area contributed by atoms with Gasteiger partial charge in [-0.05, 0) is 44.5 Å². The maximum Gasteiger partial charge on any atom is 0.294 e. The topological polar surface area (TPSA) is 63.4 Å². The summed E-state index contributed by atoms with van der Waals surface area (Å²) in [5.41, 5.74) is 1.44. The lowest BCUT2D eigenvalue weighted by Gasteiger charge is -2.16. The molecule has 0 unspecified atom stereocenters. The zero-order valence-electron chi connectivity index (χ0n) is 17.0. The molecule has 0 spiro atoms. The minimum Gasteiger partial charge on any atom is -0.485 e. The molecule has 0 bridgehead atoms. The molecular formula is C22H32N2O3. The minimum atomic E-state index is -0.256. The normalized spacial score (nSPS) is 11.6. The van der Waals surface area contributed by atoms with Crippen molar-refractivity contribution in [3.05, 3.63) is 40.4 Å². The van der Waals surface area contributed by atoms with E-state index in [0.29, 0.717) is 12.4 Å². The number of allylic oxidation sites excluding steroid dienone is 2. The highest BCUT2D eigenvalue weighted by Crippen LogP contribution is 2.34. The molecule has 148 valence electrons. The molecule has 0 radical (unpaired) electrons. The number of hydrogen-bond acceptors (Lipinski definition) is 4. The van der Waals surface area contributed by atoms with E-state index < -0.39 is 0 Å². The molecule has 0 amide bonds. The van der Waals surface area contributed by atoms with Crippen molar-refractivity contribution in [2.75, 3.05) is 18.5 Å². The third kappa shape index (κ3) is 5.52. The predicted octanol–water partition coefficient (Wildman–Crippen LogP) is 5.61. The molecule has 1 aromatic heterocycles. The summed E-state index contributed by atoms with van der Waals surface area (Å²) in [6.45, 7) is 9.50. The molecule has 27 heavy (non-hydrogen) atoms. The van der Waals surface area contributed by atoms with Gasteiger partial charge in [0.2, 0.25) is 5.75 Å². The molecule has 0 aliphatic heterocycles. The monoisotopic (exact) mass is 372 g/mol. The Kier molecular flexibility index (Phi) is 8.24. The number of ether oxygens (including phenoxy) is 2. The molecular weight excluding hydrogens is 340 g/mol. The van der Waals surface area contributed by atoms with Gasteiger partial charge in [-0.1, -0.05) is 33.1 Å². The summed E-state index contributed by atoms with van der Waals surface area (Å²) in [4.78, 5) is 15.6. The van der Waals surface area contributed by atoms with Crippen LogP contribution < -0.4 is 20.3 Å². The van der Waals surface area contributed by atoms with Gasteiger partial charge in [0, 0.05) is 24.0 Å². The van der Waals surface area contributed by atoms with E-state index >= 15 is 0 Å². The summed E-state index contributed by atoms with van der Waals surface area (Å²) < 4.78 is 12.0. The Labute approximate surface area is 161 Å². The molecule has 1 heterocycles. The van der Waals surface area contributed by atoms with Crippen LogP contribution in [-0.4, -0.2) is 18.1 Å². The summed E-state index contributed by atoms with van der Waals surface area (Å²) >= 11 is 0. The van der Waals surface area contributed by atoms with Gasteiger partial charge in [-0.25, -0.2) is 0 Å². The highest BCUT2D eigenvalue weighted by molar-refractivity contribution is 5.89. The van der Waals surface area contributed by atoms with Gasteiger partial charge >= 0.3 is 0 Å². The van der Waals surface area contributed by atoms with Crippen LogP contribution in [0.25, 0.3) is 10.9 Å². The highest BCUT2D eigenvalue weighted by atomic mass is 16.5. The molecule has 2 N–H and O–H groups in total. The molecule has 0 saturated heterocycles. The molecule has 2 rings (SSSR count). The van der Waals surface area contributed by atoms with Crippen molar-refractivity contribution >= 4 is 16.6 Å². The zero-order chi connectivity index (χ0) is 19.6. The first-order chi connectivity index (χ1) is 13.1. The Morgan fingerprint density at radius 3 is 2.63 bits per heavy atom. The Morgan fingerprint density at radius 2 is 1.96 bits per heavy atom. The van der Waals surface area contributed by atoms with Crippen LogP contribution in [0.4, 0.5) is 5.69 Å². The number of fused-ring (bicyclic) bond motifs is 1. The number of pyridine rings is 1. The van der Waals surface area contributed by atoms with Crippen LogP contribution in [0, 0.1) is 0 Å². The number of aromatic amines is 1. The second kappa shape index (κ2) is 10.7. The summed E-state index contributed by atoms with van der Waals surface area (Å²) in [6.07, 6.45) is 7.03. The predicted molar refractivity (Wildman–Crippen MR) is 113 cm³/mol. The number of benzene rings is 1. The van der Waals surface area contributed by atoms with Crippen LogP contribution in [0.1, 0.15) is 59.8 Å². The van der Waals surface area contributed by atoms with Crippen molar-refractivity contribution in [2.24, 2.45) is 0 Å². The van der Waals surface area contributed by atoms with Crippen molar-refractivity contribution in [3.8, 4) is 11.5 Å². The smallest absolute Gasteiger partial charge is 0.294 e. The largest absolute Gasteiger partial charge is 0.485 e. The summed E-state index contributed by atoms with van der Waals surface area (Å²) in [5.74, 6) is 1.58. The van der Waals surface area contributed by atoms with Gasteiger partial charge in [0.25, 0.3) is 5.56 Å². The fourth-order valence-electron chi connectivity index (χ4n) is 2.97. The first-order valence-electron chi connectivity index (χ1n) is 10.0. The van der Waals surface area contributed by atoms with Crippen molar-refractivity contribution in [3.63, 3.8) is 0 Å². The van der Waals surface area contributed by atoms with Crippen LogP contribution in [0.15, 0.2) is 34.8 Å². The average molecular weight is 373 g/mol. The number of H-pyrrole nitrogens is 1. The Balaban J connectivity index is 2.43. The van der Waals surface area contributed by atoms with Gasteiger partial charge in [0.1, 0.15) is 0 Å². The molecule has 5 heteroatoms. The molecule has 0 aliphatic carbocycles. The molecule has 2 aromatic rings. The lowest BCUT2D eigenvalue weighted by molar-refractivity contribution is 0.283. The van der Waals surface area contributed by atoms with Gasteiger partial charge in [-0.2, -0.15) is 0 Å². The SMILES string of the molecule is CC=C(CC)Oc1c(OCCCCCC)c(=O)[nH]c2cc(NCC)ccc12. The quantitative estimate of drug-likeness (QED) is 0.397. The van der Waals surface area contributed by atoms with Crippen molar-refractivity contribution in [2.45, 2.75) is 59.8 Å².